The van der Waals surface area contributed by atoms with Crippen molar-refractivity contribution in [2.75, 3.05) is 25.2 Å². The summed E-state index contributed by atoms with van der Waals surface area (Å²) in [6.07, 6.45) is 2.93. The van der Waals surface area contributed by atoms with Crippen molar-refractivity contribution >= 4 is 17.4 Å². The predicted molar refractivity (Wildman–Crippen MR) is 68.7 cm³/mol. The van der Waals surface area contributed by atoms with Crippen molar-refractivity contribution in [1.29, 1.82) is 0 Å². The molecule has 0 aromatic carbocycles. The third-order valence-electron chi connectivity index (χ3n) is 3.02. The van der Waals surface area contributed by atoms with Crippen LogP contribution in [0, 0.1) is 0 Å². The highest BCUT2D eigenvalue weighted by molar-refractivity contribution is 6.29. The van der Waals surface area contributed by atoms with Crippen LogP contribution >= 0.6 is 11.6 Å². The third kappa shape index (κ3) is 3.07. The number of likely N-dealkylation sites (N-methyl/N-ethyl adjacent to an activating group) is 1. The van der Waals surface area contributed by atoms with Gasteiger partial charge in [-0.3, -0.25) is 0 Å². The topological polar surface area (TPSA) is 38.2 Å². The van der Waals surface area contributed by atoms with Crippen molar-refractivity contribution < 1.29 is 4.74 Å². The fraction of sp³-hybridized carbons (Fsp3) is 0.667. The van der Waals surface area contributed by atoms with Crippen LogP contribution < -0.4 is 4.90 Å². The second-order valence-electron chi connectivity index (χ2n) is 4.34. The summed E-state index contributed by atoms with van der Waals surface area (Å²) in [5.41, 5.74) is 0. The van der Waals surface area contributed by atoms with Gasteiger partial charge in [0.15, 0.2) is 0 Å². The molecule has 1 aliphatic rings. The van der Waals surface area contributed by atoms with Crippen molar-refractivity contribution in [3.63, 3.8) is 0 Å². The summed E-state index contributed by atoms with van der Waals surface area (Å²) in [4.78, 5) is 10.9. The van der Waals surface area contributed by atoms with Gasteiger partial charge in [-0.15, -0.1) is 0 Å². The maximum Gasteiger partial charge on any atom is 0.134 e. The molecule has 1 saturated heterocycles. The molecule has 0 amide bonds. The highest BCUT2D eigenvalue weighted by Gasteiger charge is 2.22. The van der Waals surface area contributed by atoms with Crippen molar-refractivity contribution in [2.45, 2.75) is 32.2 Å². The van der Waals surface area contributed by atoms with E-state index in [1.165, 1.54) is 0 Å². The van der Waals surface area contributed by atoms with E-state index in [1.54, 1.807) is 0 Å². The normalized spacial score (nSPS) is 19.6. The average molecular weight is 256 g/mol. The lowest BCUT2D eigenvalue weighted by atomic mass is 10.2. The molecule has 0 aliphatic carbocycles. The van der Waals surface area contributed by atoms with Gasteiger partial charge in [0.1, 0.15) is 16.8 Å². The van der Waals surface area contributed by atoms with Gasteiger partial charge in [-0.2, -0.15) is 0 Å². The van der Waals surface area contributed by atoms with E-state index in [9.17, 15) is 0 Å². The Labute approximate surface area is 107 Å². The zero-order valence-corrected chi connectivity index (χ0v) is 11.1. The first-order valence-corrected chi connectivity index (χ1v) is 6.42. The Balaban J connectivity index is 2.18. The molecule has 94 valence electrons. The third-order valence-corrected chi connectivity index (χ3v) is 3.21. The van der Waals surface area contributed by atoms with Crippen LogP contribution in [0.2, 0.25) is 5.15 Å². The number of aryl methyl sites for hydroxylation is 1. The van der Waals surface area contributed by atoms with E-state index in [-0.39, 0.29) is 0 Å². The Hall–Kier alpha value is -0.870. The maximum absolute atomic E-state index is 6.03. The molecule has 4 nitrogen and oxygen atoms in total. The molecule has 0 radical (unpaired) electrons. The number of nitrogens with zero attached hydrogens (tertiary/aromatic N) is 3. The fourth-order valence-electron chi connectivity index (χ4n) is 1.98. The summed E-state index contributed by atoms with van der Waals surface area (Å²) in [6, 6.07) is 2.22. The molecule has 1 atom stereocenters. The number of ether oxygens (including phenoxy) is 1. The molecule has 0 bridgehead atoms. The number of rotatable bonds is 4. The molecule has 0 spiro atoms. The summed E-state index contributed by atoms with van der Waals surface area (Å²) >= 11 is 6.03. The van der Waals surface area contributed by atoms with Gasteiger partial charge >= 0.3 is 0 Å². The van der Waals surface area contributed by atoms with E-state index < -0.39 is 0 Å². The van der Waals surface area contributed by atoms with Crippen LogP contribution in [-0.2, 0) is 11.2 Å². The van der Waals surface area contributed by atoms with Crippen LogP contribution in [0.3, 0.4) is 0 Å². The highest BCUT2D eigenvalue weighted by Crippen LogP contribution is 2.21. The predicted octanol–water partition coefficient (Wildman–Crippen LogP) is 2.31. The molecule has 2 rings (SSSR count). The lowest BCUT2D eigenvalue weighted by molar-refractivity contribution is 0.193. The minimum atomic E-state index is 0.399. The van der Waals surface area contributed by atoms with Gasteiger partial charge in [-0.25, -0.2) is 9.97 Å². The fourth-order valence-corrected chi connectivity index (χ4v) is 2.18. The first-order valence-electron chi connectivity index (χ1n) is 6.04. The average Bonchev–Trinajstić information content (AvgIpc) is 2.81. The van der Waals surface area contributed by atoms with E-state index >= 15 is 0 Å². The lowest BCUT2D eigenvalue weighted by Crippen LogP contribution is -2.32. The van der Waals surface area contributed by atoms with Crippen LogP contribution in [0.4, 0.5) is 5.82 Å². The number of hydrogen-bond donors (Lipinski definition) is 0. The van der Waals surface area contributed by atoms with Crippen molar-refractivity contribution in [3.8, 4) is 0 Å². The van der Waals surface area contributed by atoms with Gasteiger partial charge in [0.05, 0.1) is 12.6 Å². The molecular formula is C12H18ClN3O. The SMILES string of the molecule is CCCc1nc(Cl)cc(N(C)C2CCOC2)n1. The molecule has 2 heterocycles. The van der Waals surface area contributed by atoms with Gasteiger partial charge in [-0.05, 0) is 12.8 Å². The van der Waals surface area contributed by atoms with Gasteiger partial charge in [0.2, 0.25) is 0 Å². The standard InChI is InChI=1S/C12H18ClN3O/c1-3-4-11-14-10(13)7-12(15-11)16(2)9-5-6-17-8-9/h7,9H,3-6,8H2,1-2H3. The second-order valence-corrected chi connectivity index (χ2v) is 4.73. The molecule has 17 heavy (non-hydrogen) atoms. The summed E-state index contributed by atoms with van der Waals surface area (Å²) in [7, 11) is 2.04. The van der Waals surface area contributed by atoms with Gasteiger partial charge in [0.25, 0.3) is 0 Å². The van der Waals surface area contributed by atoms with Gasteiger partial charge in [-0.1, -0.05) is 18.5 Å². The second kappa shape index (κ2) is 5.65. The Morgan fingerprint density at radius 2 is 2.35 bits per heavy atom. The Bertz CT molecular complexity index is 380. The van der Waals surface area contributed by atoms with E-state index in [2.05, 4.69) is 21.8 Å². The zero-order valence-electron chi connectivity index (χ0n) is 10.3. The first kappa shape index (κ1) is 12.6. The maximum atomic E-state index is 6.03. The van der Waals surface area contributed by atoms with Crippen LogP contribution in [0.1, 0.15) is 25.6 Å². The number of halogens is 1. The Morgan fingerprint density at radius 3 is 3.00 bits per heavy atom. The minimum Gasteiger partial charge on any atom is -0.379 e. The summed E-state index contributed by atoms with van der Waals surface area (Å²) in [6.45, 7) is 3.70. The van der Waals surface area contributed by atoms with Crippen LogP contribution in [0.15, 0.2) is 6.07 Å². The van der Waals surface area contributed by atoms with Crippen LogP contribution in [0.25, 0.3) is 0 Å². The number of hydrogen-bond acceptors (Lipinski definition) is 4. The molecule has 1 aliphatic heterocycles. The molecule has 1 fully saturated rings. The first-order chi connectivity index (χ1) is 8.20. The monoisotopic (exact) mass is 255 g/mol. The molecule has 1 aromatic rings. The highest BCUT2D eigenvalue weighted by atomic mass is 35.5. The smallest absolute Gasteiger partial charge is 0.134 e. The van der Waals surface area contributed by atoms with Gasteiger partial charge in [0, 0.05) is 26.1 Å². The Morgan fingerprint density at radius 1 is 1.53 bits per heavy atom. The van der Waals surface area contributed by atoms with Crippen LogP contribution in [0.5, 0.6) is 0 Å². The van der Waals surface area contributed by atoms with E-state index in [0.29, 0.717) is 11.2 Å². The van der Waals surface area contributed by atoms with Crippen LogP contribution in [-0.4, -0.2) is 36.3 Å². The molecular weight excluding hydrogens is 238 g/mol. The zero-order chi connectivity index (χ0) is 12.3. The molecule has 5 heteroatoms. The van der Waals surface area contributed by atoms with Crippen molar-refractivity contribution in [3.05, 3.63) is 17.0 Å². The quantitative estimate of drug-likeness (QED) is 0.774. The van der Waals surface area contributed by atoms with Gasteiger partial charge < -0.3 is 9.64 Å². The number of aromatic nitrogens is 2. The summed E-state index contributed by atoms with van der Waals surface area (Å²) < 4.78 is 5.39. The van der Waals surface area contributed by atoms with E-state index in [0.717, 1.165) is 44.1 Å². The molecule has 0 saturated carbocycles. The molecule has 0 N–H and O–H groups in total. The largest absolute Gasteiger partial charge is 0.379 e. The number of anilines is 1. The van der Waals surface area contributed by atoms with E-state index in [4.69, 9.17) is 16.3 Å². The van der Waals surface area contributed by atoms with Crippen molar-refractivity contribution in [1.82, 2.24) is 9.97 Å². The molecule has 1 unspecified atom stereocenters. The van der Waals surface area contributed by atoms with E-state index in [1.807, 2.05) is 13.1 Å². The summed E-state index contributed by atoms with van der Waals surface area (Å²) in [5, 5.41) is 0.518. The molecule has 1 aromatic heterocycles. The lowest BCUT2D eigenvalue weighted by Gasteiger charge is -2.24. The summed E-state index contributed by atoms with van der Waals surface area (Å²) in [5.74, 6) is 1.71. The Kier molecular flexibility index (Phi) is 4.18. The van der Waals surface area contributed by atoms with Crippen molar-refractivity contribution in [2.24, 2.45) is 0 Å². The minimum absolute atomic E-state index is 0.399.